The van der Waals surface area contributed by atoms with Crippen LogP contribution in [0.25, 0.3) is 0 Å². The van der Waals surface area contributed by atoms with Gasteiger partial charge in [-0.3, -0.25) is 9.36 Å². The van der Waals surface area contributed by atoms with Crippen molar-refractivity contribution in [3.05, 3.63) is 29.8 Å². The van der Waals surface area contributed by atoms with E-state index in [2.05, 4.69) is 0 Å². The maximum atomic E-state index is 11.3. The van der Waals surface area contributed by atoms with Crippen molar-refractivity contribution in [2.45, 2.75) is 6.92 Å². The summed E-state index contributed by atoms with van der Waals surface area (Å²) in [7, 11) is -0.879. The van der Waals surface area contributed by atoms with Crippen molar-refractivity contribution in [2.24, 2.45) is 0 Å². The summed E-state index contributed by atoms with van der Waals surface area (Å²) in [5.41, 5.74) is 0.480. The van der Waals surface area contributed by atoms with Gasteiger partial charge in [0, 0.05) is 18.0 Å². The number of hydrogen-bond donors (Lipinski definition) is 0. The lowest BCUT2D eigenvalue weighted by Gasteiger charge is -2.04. The molecule has 1 atom stereocenters. The van der Waals surface area contributed by atoms with E-state index in [1.807, 2.05) is 0 Å². The van der Waals surface area contributed by atoms with Crippen molar-refractivity contribution in [1.29, 1.82) is 0 Å². The van der Waals surface area contributed by atoms with Gasteiger partial charge in [0.2, 0.25) is 8.03 Å². The number of Topliss-reactive ketones (excluding diaryl/α,β-unsaturated/α-hetero) is 1. The third-order valence-electron chi connectivity index (χ3n) is 1.71. The van der Waals surface area contributed by atoms with Gasteiger partial charge in [-0.05, 0) is 13.0 Å². The zero-order chi connectivity index (χ0) is 9.84. The average Bonchev–Trinajstić information content (AvgIpc) is 2.16. The molecule has 13 heavy (non-hydrogen) atoms. The van der Waals surface area contributed by atoms with Crippen LogP contribution < -0.4 is 5.30 Å². The number of ketones is 1. The first kappa shape index (κ1) is 10.2. The quantitative estimate of drug-likeness (QED) is 0.547. The number of benzene rings is 1. The van der Waals surface area contributed by atoms with Gasteiger partial charge < -0.3 is 4.52 Å². The van der Waals surface area contributed by atoms with E-state index < -0.39 is 8.03 Å². The summed E-state index contributed by atoms with van der Waals surface area (Å²) >= 11 is 0. The number of carbonyl (C=O) groups excluding carboxylic acids is 1. The highest BCUT2D eigenvalue weighted by Crippen LogP contribution is 2.21. The van der Waals surface area contributed by atoms with Gasteiger partial charge in [0.05, 0.1) is 0 Å². The van der Waals surface area contributed by atoms with Crippen LogP contribution in [-0.4, -0.2) is 12.9 Å². The molecule has 0 aliphatic rings. The van der Waals surface area contributed by atoms with Crippen molar-refractivity contribution in [1.82, 2.24) is 0 Å². The standard InChI is InChI=1S/C9H11O3P/c1-7(10)8-5-3-4-6-9(8)13(11)12-2/h3-6,13H,1-2H3. The molecule has 0 amide bonds. The predicted molar refractivity (Wildman–Crippen MR) is 52.1 cm³/mol. The van der Waals surface area contributed by atoms with Gasteiger partial charge in [-0.1, -0.05) is 18.2 Å². The van der Waals surface area contributed by atoms with Crippen molar-refractivity contribution < 1.29 is 13.9 Å². The second-order valence-electron chi connectivity index (χ2n) is 2.59. The smallest absolute Gasteiger partial charge is 0.221 e. The summed E-state index contributed by atoms with van der Waals surface area (Å²) in [6.45, 7) is 1.45. The summed E-state index contributed by atoms with van der Waals surface area (Å²) in [6.07, 6.45) is 0. The number of rotatable bonds is 3. The summed E-state index contributed by atoms with van der Waals surface area (Å²) in [5.74, 6) is -0.0917. The minimum atomic E-state index is -2.25. The molecule has 0 saturated heterocycles. The highest BCUT2D eigenvalue weighted by atomic mass is 31.1. The zero-order valence-electron chi connectivity index (χ0n) is 7.53. The van der Waals surface area contributed by atoms with Gasteiger partial charge in [-0.2, -0.15) is 0 Å². The van der Waals surface area contributed by atoms with Crippen LogP contribution in [0.1, 0.15) is 17.3 Å². The Labute approximate surface area is 77.6 Å². The molecule has 4 heteroatoms. The molecule has 1 unspecified atom stereocenters. The van der Waals surface area contributed by atoms with Gasteiger partial charge in [0.1, 0.15) is 0 Å². The summed E-state index contributed by atoms with van der Waals surface area (Å²) in [6, 6.07) is 6.79. The lowest BCUT2D eigenvalue weighted by Crippen LogP contribution is -2.09. The predicted octanol–water partition coefficient (Wildman–Crippen LogP) is 1.64. The lowest BCUT2D eigenvalue weighted by atomic mass is 10.1. The molecule has 0 bridgehead atoms. The summed E-state index contributed by atoms with van der Waals surface area (Å²) in [4.78, 5) is 11.1. The third-order valence-corrected chi connectivity index (χ3v) is 2.96. The van der Waals surface area contributed by atoms with Crippen LogP contribution in [0.15, 0.2) is 24.3 Å². The molecule has 0 saturated carbocycles. The first-order valence-electron chi connectivity index (χ1n) is 3.85. The first-order chi connectivity index (χ1) is 6.16. The zero-order valence-corrected chi connectivity index (χ0v) is 8.53. The van der Waals surface area contributed by atoms with Crippen LogP contribution in [0.3, 0.4) is 0 Å². The average molecular weight is 198 g/mol. The Balaban J connectivity index is 3.19. The maximum Gasteiger partial charge on any atom is 0.221 e. The van der Waals surface area contributed by atoms with E-state index in [4.69, 9.17) is 4.52 Å². The number of carbonyl (C=O) groups is 1. The minimum Gasteiger partial charge on any atom is -0.331 e. The Morgan fingerprint density at radius 2 is 2.00 bits per heavy atom. The largest absolute Gasteiger partial charge is 0.331 e. The lowest BCUT2D eigenvalue weighted by molar-refractivity contribution is 0.101. The molecule has 0 heterocycles. The second kappa shape index (κ2) is 4.35. The molecule has 1 aromatic rings. The van der Waals surface area contributed by atoms with Crippen molar-refractivity contribution in [2.75, 3.05) is 7.11 Å². The molecule has 0 aliphatic heterocycles. The van der Waals surface area contributed by atoms with E-state index in [0.717, 1.165) is 0 Å². The topological polar surface area (TPSA) is 43.4 Å². The molecule has 0 aromatic heterocycles. The van der Waals surface area contributed by atoms with E-state index in [1.54, 1.807) is 24.3 Å². The summed E-state index contributed by atoms with van der Waals surface area (Å²) in [5, 5.41) is 0.502. The van der Waals surface area contributed by atoms with Gasteiger partial charge in [0.25, 0.3) is 0 Å². The Bertz CT molecular complexity index is 346. The SMILES string of the molecule is CO[PH](=O)c1ccccc1C(C)=O. The molecule has 0 N–H and O–H groups in total. The van der Waals surface area contributed by atoms with Crippen LogP contribution in [-0.2, 0) is 9.09 Å². The van der Waals surface area contributed by atoms with Gasteiger partial charge in [0.15, 0.2) is 5.78 Å². The van der Waals surface area contributed by atoms with Gasteiger partial charge in [-0.25, -0.2) is 0 Å². The van der Waals surface area contributed by atoms with Crippen LogP contribution in [0.2, 0.25) is 0 Å². The molecule has 1 rings (SSSR count). The van der Waals surface area contributed by atoms with Crippen LogP contribution >= 0.6 is 8.03 Å². The fourth-order valence-corrected chi connectivity index (χ4v) is 2.01. The van der Waals surface area contributed by atoms with E-state index in [0.29, 0.717) is 10.9 Å². The van der Waals surface area contributed by atoms with E-state index in [9.17, 15) is 9.36 Å². The van der Waals surface area contributed by atoms with Crippen LogP contribution in [0.5, 0.6) is 0 Å². The van der Waals surface area contributed by atoms with Crippen molar-refractivity contribution in [3.63, 3.8) is 0 Å². The molecular formula is C9H11O3P. The minimum absolute atomic E-state index is 0.0917. The maximum absolute atomic E-state index is 11.3. The highest BCUT2D eigenvalue weighted by molar-refractivity contribution is 7.48. The molecule has 0 radical (unpaired) electrons. The van der Waals surface area contributed by atoms with Crippen molar-refractivity contribution >= 4 is 19.1 Å². The molecule has 0 spiro atoms. The number of hydrogen-bond acceptors (Lipinski definition) is 3. The highest BCUT2D eigenvalue weighted by Gasteiger charge is 2.10. The molecule has 70 valence electrons. The van der Waals surface area contributed by atoms with Crippen molar-refractivity contribution in [3.8, 4) is 0 Å². The first-order valence-corrected chi connectivity index (χ1v) is 5.16. The van der Waals surface area contributed by atoms with Gasteiger partial charge >= 0.3 is 0 Å². The van der Waals surface area contributed by atoms with E-state index in [1.165, 1.54) is 14.0 Å². The fourth-order valence-electron chi connectivity index (χ4n) is 1.08. The third kappa shape index (κ3) is 2.27. The molecular weight excluding hydrogens is 187 g/mol. The molecule has 3 nitrogen and oxygen atoms in total. The summed E-state index contributed by atoms with van der Waals surface area (Å²) < 4.78 is 16.1. The van der Waals surface area contributed by atoms with Crippen LogP contribution in [0.4, 0.5) is 0 Å². The fraction of sp³-hybridized carbons (Fsp3) is 0.222. The van der Waals surface area contributed by atoms with E-state index >= 15 is 0 Å². The normalized spacial score (nSPS) is 12.5. The van der Waals surface area contributed by atoms with Gasteiger partial charge in [-0.15, -0.1) is 0 Å². The van der Waals surface area contributed by atoms with Crippen LogP contribution in [0, 0.1) is 0 Å². The Morgan fingerprint density at radius 1 is 1.38 bits per heavy atom. The monoisotopic (exact) mass is 198 g/mol. The van der Waals surface area contributed by atoms with E-state index in [-0.39, 0.29) is 5.78 Å². The Morgan fingerprint density at radius 3 is 2.54 bits per heavy atom. The Hall–Kier alpha value is -0.920. The molecule has 1 aromatic carbocycles. The molecule has 0 fully saturated rings. The molecule has 0 aliphatic carbocycles. The Kier molecular flexibility index (Phi) is 3.40. The second-order valence-corrected chi connectivity index (χ2v) is 4.12.